The van der Waals surface area contributed by atoms with Gasteiger partial charge < -0.3 is 79.2 Å². The Balaban J connectivity index is 0.000000481. The summed E-state index contributed by atoms with van der Waals surface area (Å²) in [6.07, 6.45) is 2.47. The van der Waals surface area contributed by atoms with Crippen LogP contribution in [0.1, 0.15) is 201 Å². The Morgan fingerprint density at radius 1 is 0.514 bits per heavy atom. The van der Waals surface area contributed by atoms with Gasteiger partial charge in [0.2, 0.25) is 29.5 Å². The summed E-state index contributed by atoms with van der Waals surface area (Å²) >= 11 is 0. The summed E-state index contributed by atoms with van der Waals surface area (Å²) in [5, 5.41) is 61.2. The van der Waals surface area contributed by atoms with Gasteiger partial charge in [0.25, 0.3) is 5.91 Å². The van der Waals surface area contributed by atoms with Crippen molar-refractivity contribution in [1.82, 2.24) is 31.1 Å². The Bertz CT molecular complexity index is 3760. The predicted octanol–water partition coefficient (Wildman–Crippen LogP) is 9.25. The fourth-order valence-corrected chi connectivity index (χ4v) is 13.3. The monoisotopic (exact) mass is 1570 g/mol. The number of aliphatic hydroxyl groups is 3. The Morgan fingerprint density at radius 2 is 0.919 bits per heavy atom. The third-order valence-electron chi connectivity index (χ3n) is 19.4. The number of halogens is 1. The van der Waals surface area contributed by atoms with E-state index in [1.165, 1.54) is 21.8 Å². The maximum absolute atomic E-state index is 13.1. The van der Waals surface area contributed by atoms with Gasteiger partial charge in [-0.15, -0.1) is 12.4 Å². The van der Waals surface area contributed by atoms with E-state index < -0.39 is 114 Å². The van der Waals surface area contributed by atoms with Crippen molar-refractivity contribution in [2.24, 2.45) is 46.6 Å². The summed E-state index contributed by atoms with van der Waals surface area (Å²) in [5.74, 6) is -5.01. The number of likely N-dealkylation sites (tertiary alicyclic amines) is 2. The van der Waals surface area contributed by atoms with E-state index in [4.69, 9.17) is 37.5 Å². The Hall–Kier alpha value is -9.25. The lowest BCUT2D eigenvalue weighted by atomic mass is 9.85. The largest absolute Gasteiger partial charge is 0.480 e. The molecule has 111 heavy (non-hydrogen) atoms. The first-order valence-corrected chi connectivity index (χ1v) is 37.1. The van der Waals surface area contributed by atoms with Gasteiger partial charge in [-0.3, -0.25) is 38.6 Å². The van der Waals surface area contributed by atoms with Gasteiger partial charge in [-0.05, 0) is 136 Å². The molecule has 8 amide bonds. The summed E-state index contributed by atoms with van der Waals surface area (Å²) < 4.78 is 10.8. The molecule has 0 spiro atoms. The number of carbonyl (C=O) groups is 10. The minimum Gasteiger partial charge on any atom is -0.480 e. The van der Waals surface area contributed by atoms with Crippen LogP contribution in [0.4, 0.5) is 9.59 Å². The number of nitrogens with one attached hydrogen (secondary N) is 4. The molecule has 27 nitrogen and oxygen atoms in total. The van der Waals surface area contributed by atoms with Crippen LogP contribution < -0.4 is 44.2 Å². The molecule has 0 bridgehead atoms. The maximum Gasteiger partial charge on any atom is 0.411 e. The minimum atomic E-state index is -1.52. The standard InChI is InChI=1S/C22H33N3O5.C20H23NO3.C17H25N3O3.C16H21NO4.C6H14N2O2.2CH4.ClH/c1-13(2)17(18(26)19(23)27)24-20(28)16-11-15(14-9-7-6-8-10-14)12-25(16)21(29)30-22(3,4)5;22-19(17-11-10-15-8-4-5-9-16(15)13-17)21-18(20(23)24)12-14-6-2-1-3-7-14;1-10(2)14(15(21)16(18)22)20-17(23)13-8-12(9-19-13)11-6-4-3-5-7-11;1-16(2,3)21-15(20)17-10-12(9-13(17)14(18)19)11-7-5-4-6-8-11;1-3(2)4(7)5(9)6(8)10;;;/h6-10,13,15-18,26H,11-12H2,1-5H3,(H2,23,27)(H,24,28);4-5,8-11,13-14,18H,1-3,6-7,12H2,(H,21,22)(H,23,24);3-7,10,12-15,19,21H,8-9H2,1-2H3,(H2,18,22)(H,20,23);4-8,12-13H,9-10H2,1-3H3,(H,18,19);3-5,9H,7H2,1-2H3,(H2,8,10);2*1H4;1H/t15-,16-,17?,18?;18-;12-,13-,14?,15?;12-,13-;;;;/m0100..../s1. The average molecular weight is 1570 g/mol. The number of rotatable bonds is 22. The first kappa shape index (κ1) is 97.8. The fourth-order valence-electron chi connectivity index (χ4n) is 13.3. The number of carboxylic acids is 2. The Morgan fingerprint density at radius 3 is 1.32 bits per heavy atom. The molecule has 4 fully saturated rings. The molecular formula is C83H125ClN10O17. The van der Waals surface area contributed by atoms with E-state index in [0.717, 1.165) is 54.1 Å². The number of carbonyl (C=O) groups excluding carboxylic acids is 8. The number of fused-ring (bicyclic) bond motifs is 1. The molecule has 1 aliphatic carbocycles. The van der Waals surface area contributed by atoms with Gasteiger partial charge in [-0.1, -0.05) is 210 Å². The van der Waals surface area contributed by atoms with Crippen molar-refractivity contribution in [2.45, 2.75) is 245 Å². The van der Waals surface area contributed by atoms with Gasteiger partial charge in [0.15, 0.2) is 12.2 Å². The van der Waals surface area contributed by atoms with E-state index in [1.807, 2.05) is 143 Å². The van der Waals surface area contributed by atoms with Crippen molar-refractivity contribution >= 4 is 82.7 Å². The van der Waals surface area contributed by atoms with Gasteiger partial charge in [0.1, 0.15) is 35.4 Å². The Labute approximate surface area is 660 Å². The van der Waals surface area contributed by atoms with Crippen LogP contribution in [0.5, 0.6) is 0 Å². The van der Waals surface area contributed by atoms with E-state index in [2.05, 4.69) is 33.4 Å². The lowest BCUT2D eigenvalue weighted by Crippen LogP contribution is -2.56. The van der Waals surface area contributed by atoms with Crippen molar-refractivity contribution in [1.29, 1.82) is 0 Å². The number of aliphatic carboxylic acids is 2. The molecular weight excluding hydrogens is 1440 g/mol. The van der Waals surface area contributed by atoms with Crippen LogP contribution in [0.15, 0.2) is 133 Å². The molecule has 3 saturated heterocycles. The smallest absolute Gasteiger partial charge is 0.411 e. The topological polar surface area (TPSA) is 449 Å². The third kappa shape index (κ3) is 31.1. The quantitative estimate of drug-likeness (QED) is 0.0307. The van der Waals surface area contributed by atoms with Crippen molar-refractivity contribution in [3.8, 4) is 0 Å². The lowest BCUT2D eigenvalue weighted by molar-refractivity contribution is -0.142. The normalized spacial score (nSPS) is 19.9. The fraction of sp³-hybridized carbons (Fsp3) is 0.542. The van der Waals surface area contributed by atoms with Gasteiger partial charge >= 0.3 is 24.1 Å². The highest BCUT2D eigenvalue weighted by Gasteiger charge is 2.45. The number of nitrogens with two attached hydrogens (primary N) is 4. The summed E-state index contributed by atoms with van der Waals surface area (Å²) in [7, 11) is 0. The van der Waals surface area contributed by atoms with E-state index in [9.17, 15) is 68.4 Å². The van der Waals surface area contributed by atoms with Gasteiger partial charge in [-0.25, -0.2) is 19.2 Å². The zero-order valence-electron chi connectivity index (χ0n) is 64.7. The van der Waals surface area contributed by atoms with E-state index in [1.54, 1.807) is 61.5 Å². The van der Waals surface area contributed by atoms with Crippen LogP contribution in [-0.4, -0.2) is 186 Å². The van der Waals surface area contributed by atoms with Crippen LogP contribution in [0.25, 0.3) is 10.8 Å². The van der Waals surface area contributed by atoms with Gasteiger partial charge in [0, 0.05) is 43.1 Å². The molecule has 0 aromatic heterocycles. The highest BCUT2D eigenvalue weighted by Crippen LogP contribution is 2.36. The first-order valence-electron chi connectivity index (χ1n) is 37.1. The maximum atomic E-state index is 13.1. The van der Waals surface area contributed by atoms with Crippen molar-refractivity contribution in [3.63, 3.8) is 0 Å². The number of amides is 8. The first-order chi connectivity index (χ1) is 50.7. The zero-order chi connectivity index (χ0) is 80.5. The molecule has 4 aliphatic rings. The molecule has 28 heteroatoms. The minimum absolute atomic E-state index is 0. The van der Waals surface area contributed by atoms with Gasteiger partial charge in [0.05, 0.1) is 18.1 Å². The average Bonchev–Trinajstić information content (AvgIpc) is 1.69. The Kier molecular flexibility index (Phi) is 40.5. The second-order valence-corrected chi connectivity index (χ2v) is 31.2. The zero-order valence-corrected chi connectivity index (χ0v) is 65.6. The number of hydrogen-bond donors (Lipinski definition) is 13. The van der Waals surface area contributed by atoms with E-state index in [0.29, 0.717) is 50.3 Å². The second-order valence-electron chi connectivity index (χ2n) is 31.2. The van der Waals surface area contributed by atoms with Gasteiger partial charge in [-0.2, -0.15) is 0 Å². The van der Waals surface area contributed by atoms with Crippen LogP contribution in [0.2, 0.25) is 0 Å². The number of primary amides is 3. The van der Waals surface area contributed by atoms with Crippen LogP contribution in [0, 0.1) is 23.7 Å². The molecule has 0 radical (unpaired) electrons. The molecule has 3 aliphatic heterocycles. The number of ether oxygens (including phenoxy) is 2. The van der Waals surface area contributed by atoms with Crippen molar-refractivity contribution in [3.05, 3.63) is 156 Å². The van der Waals surface area contributed by atoms with Crippen molar-refractivity contribution < 1.29 is 83.0 Å². The summed E-state index contributed by atoms with van der Waals surface area (Å²) in [6, 6.07) is 37.8. The molecule has 1 saturated carbocycles. The van der Waals surface area contributed by atoms with Crippen LogP contribution in [0.3, 0.4) is 0 Å². The lowest BCUT2D eigenvalue weighted by Gasteiger charge is -2.31. The third-order valence-corrected chi connectivity index (χ3v) is 19.4. The van der Waals surface area contributed by atoms with E-state index >= 15 is 0 Å². The molecule has 5 aromatic rings. The van der Waals surface area contributed by atoms with Crippen LogP contribution in [-0.2, 0) is 43.0 Å². The van der Waals surface area contributed by atoms with Crippen molar-refractivity contribution in [2.75, 3.05) is 19.6 Å². The molecule has 3 heterocycles. The number of nitrogens with zero attached hydrogens (tertiary/aromatic N) is 2. The van der Waals surface area contributed by atoms with Crippen LogP contribution >= 0.6 is 12.4 Å². The predicted molar refractivity (Wildman–Crippen MR) is 431 cm³/mol. The number of carboxylic acid groups (broad SMARTS) is 2. The van der Waals surface area contributed by atoms with E-state index in [-0.39, 0.29) is 80.6 Å². The molecule has 616 valence electrons. The molecule has 13 atom stereocenters. The molecule has 9 rings (SSSR count). The SMILES string of the molecule is C.C.CC(C)(C)OC(=O)N1C[C@@H](c2ccccc2)C[C@H]1C(=O)O.CC(C)C(N)C(O)C(N)=O.CC(C)C(NC(=O)[C@@H]1C[C@H](c2ccccc2)CN1)C(O)C(N)=O.CC(C)C(NC(=O)[C@@H]1C[C@H](c2ccccc2)CN1C(=O)OC(C)(C)C)C(O)C(N)=O.Cl.O=C(N[C@H](CC1CCCCC1)C(=O)O)c1ccc2ccccc2c1. The number of aliphatic hydroxyl groups excluding tert-OH is 3. The highest BCUT2D eigenvalue weighted by molar-refractivity contribution is 6.00. The molecule has 5 aromatic carbocycles. The molecule has 17 N–H and O–H groups in total. The summed E-state index contributed by atoms with van der Waals surface area (Å²) in [4.78, 5) is 122. The second kappa shape index (κ2) is 45.9. The molecule has 6 unspecified atom stereocenters. The highest BCUT2D eigenvalue weighted by atomic mass is 35.5. The summed E-state index contributed by atoms with van der Waals surface area (Å²) in [6.45, 7) is 22.9. The number of hydrogen-bond acceptors (Lipinski definition) is 17. The number of benzene rings is 5. The summed E-state index contributed by atoms with van der Waals surface area (Å²) in [5.41, 5.74) is 23.0.